The maximum absolute atomic E-state index is 12.7. The average molecular weight is 844 g/mol. The molecule has 0 saturated heterocycles. The molecule has 3 aromatic carbocycles. The van der Waals surface area contributed by atoms with Gasteiger partial charge in [0.25, 0.3) is 5.91 Å². The number of hydrogen-bond donors (Lipinski definition) is 8. The van der Waals surface area contributed by atoms with Crippen LogP contribution in [0.5, 0.6) is 17.2 Å². The largest absolute Gasteiger partial charge is 0.508 e. The summed E-state index contributed by atoms with van der Waals surface area (Å²) in [6.45, 7) is 1.07. The van der Waals surface area contributed by atoms with Crippen LogP contribution in [0.4, 0.5) is 11.4 Å². The Bertz CT molecular complexity index is 1940. The number of ether oxygens (including phenoxy) is 1. The first-order valence-electron chi connectivity index (χ1n) is 17.7. The van der Waals surface area contributed by atoms with Crippen LogP contribution in [0.25, 0.3) is 0 Å². The maximum Gasteiger partial charge on any atom is 0.338 e. The van der Waals surface area contributed by atoms with Crippen molar-refractivity contribution in [3.8, 4) is 17.2 Å². The minimum Gasteiger partial charge on any atom is -0.508 e. The summed E-state index contributed by atoms with van der Waals surface area (Å²) in [6, 6.07) is 10.6. The number of nitrogens with one attached hydrogen (secondary N) is 4. The predicted octanol–water partition coefficient (Wildman–Crippen LogP) is 6.52. The summed E-state index contributed by atoms with van der Waals surface area (Å²) < 4.78 is 4.89. The van der Waals surface area contributed by atoms with Crippen LogP contribution in [-0.4, -0.2) is 82.6 Å². The molecule has 0 aliphatic carbocycles. The molecule has 1 atom stereocenters. The van der Waals surface area contributed by atoms with Crippen LogP contribution in [0.2, 0.25) is 5.02 Å². The van der Waals surface area contributed by atoms with Gasteiger partial charge in [-0.05, 0) is 78.0 Å². The lowest BCUT2D eigenvalue weighted by Gasteiger charge is -2.20. The number of aliphatic imine (C=N–C) groups is 2. The minimum absolute atomic E-state index is 0.0274. The molecule has 5 rings (SSSR count). The molecule has 2 heterocycles. The third-order valence-electron chi connectivity index (χ3n) is 8.40. The lowest BCUT2D eigenvalue weighted by atomic mass is 10.0. The number of benzene rings is 3. The van der Waals surface area contributed by atoms with Crippen molar-refractivity contribution >= 4 is 74.3 Å². The highest BCUT2D eigenvalue weighted by molar-refractivity contribution is 9.10. The molecule has 2 amide bonds. The van der Waals surface area contributed by atoms with Crippen LogP contribution in [0.15, 0.2) is 63.0 Å². The Morgan fingerprint density at radius 2 is 1.36 bits per heavy atom. The number of aliphatic carboxylic acids is 1. The average Bonchev–Trinajstić information content (AvgIpc) is 3.56. The van der Waals surface area contributed by atoms with Gasteiger partial charge in [-0.1, -0.05) is 24.4 Å². The lowest BCUT2D eigenvalue weighted by Crippen LogP contribution is -2.39. The van der Waals surface area contributed by atoms with Gasteiger partial charge in [0.2, 0.25) is 5.91 Å². The second kappa shape index (κ2) is 20.9. The standard InChI is InChI=1S/C24H26BrClN4O6.C14H18N2O3/c25-18-9-14(26)8-17(23(18)35)19(11-22(33)34)30-21(32)12-28-24(36)13-6-15(10-16(31)7-13)29-20-4-2-1-3-5-27-20;1-19-14(18)10-7-11(9-12(17)8-10)16-13-5-3-2-4-6-15-13/h6-10,19,31,35H,1-5,11-12H2,(H,27,29)(H,28,36)(H,30,32)(H,33,34);7-9,17H,2-6H2,1H3,(H,15,16)/t19-;/m1./s1. The molecule has 0 bridgehead atoms. The second-order valence-electron chi connectivity index (χ2n) is 12.8. The summed E-state index contributed by atoms with van der Waals surface area (Å²) in [7, 11) is 1.31. The fourth-order valence-electron chi connectivity index (χ4n) is 5.79. The third kappa shape index (κ3) is 13.8. The van der Waals surface area contributed by atoms with Gasteiger partial charge in [-0.3, -0.25) is 24.4 Å². The van der Waals surface area contributed by atoms with Crippen molar-refractivity contribution < 1.29 is 44.3 Å². The molecule has 17 heteroatoms. The van der Waals surface area contributed by atoms with E-state index in [-0.39, 0.29) is 37.9 Å². The number of amides is 2. The van der Waals surface area contributed by atoms with Gasteiger partial charge >= 0.3 is 11.9 Å². The van der Waals surface area contributed by atoms with Crippen LogP contribution < -0.4 is 21.3 Å². The summed E-state index contributed by atoms with van der Waals surface area (Å²) in [4.78, 5) is 56.9. The SMILES string of the molecule is COC(=O)c1cc(O)cc(NC2=NCCCCC2)c1.O=C(O)C[C@@H](NC(=O)CNC(=O)c1cc(O)cc(NC2=NCCCCC2)c1)c1cc(Cl)cc(Br)c1O. The molecule has 8 N–H and O–H groups in total. The summed E-state index contributed by atoms with van der Waals surface area (Å²) in [5.41, 5.74) is 1.70. The van der Waals surface area contributed by atoms with Gasteiger partial charge in [0.1, 0.15) is 28.9 Å². The van der Waals surface area contributed by atoms with Crippen molar-refractivity contribution in [1.29, 1.82) is 0 Å². The number of halogens is 2. The summed E-state index contributed by atoms with van der Waals surface area (Å²) in [5, 5.41) is 50.8. The van der Waals surface area contributed by atoms with Gasteiger partial charge in [0.15, 0.2) is 0 Å². The highest BCUT2D eigenvalue weighted by Gasteiger charge is 2.23. The number of anilines is 2. The van der Waals surface area contributed by atoms with Crippen molar-refractivity contribution in [2.24, 2.45) is 9.98 Å². The molecular weight excluding hydrogens is 800 g/mol. The van der Waals surface area contributed by atoms with E-state index in [0.29, 0.717) is 16.9 Å². The first kappa shape index (κ1) is 42.4. The predicted molar refractivity (Wildman–Crippen MR) is 213 cm³/mol. The highest BCUT2D eigenvalue weighted by atomic mass is 79.9. The maximum atomic E-state index is 12.7. The Labute approximate surface area is 331 Å². The van der Waals surface area contributed by atoms with Gasteiger partial charge in [-0.25, -0.2) is 4.79 Å². The molecule has 0 saturated carbocycles. The lowest BCUT2D eigenvalue weighted by molar-refractivity contribution is -0.137. The number of amidine groups is 2. The van der Waals surface area contributed by atoms with E-state index in [0.717, 1.165) is 69.7 Å². The quantitative estimate of drug-likeness (QED) is 0.102. The van der Waals surface area contributed by atoms with Crippen molar-refractivity contribution in [1.82, 2.24) is 10.6 Å². The van der Waals surface area contributed by atoms with Crippen LogP contribution in [0.3, 0.4) is 0 Å². The van der Waals surface area contributed by atoms with Crippen molar-refractivity contribution in [3.05, 3.63) is 74.7 Å². The highest BCUT2D eigenvalue weighted by Crippen LogP contribution is 2.36. The number of phenolic OH excluding ortho intramolecular Hbond substituents is 3. The number of carboxylic acids is 1. The van der Waals surface area contributed by atoms with E-state index in [4.69, 9.17) is 11.6 Å². The molecule has 0 spiro atoms. The smallest absolute Gasteiger partial charge is 0.338 e. The molecule has 15 nitrogen and oxygen atoms in total. The second-order valence-corrected chi connectivity index (χ2v) is 14.1. The normalized spacial score (nSPS) is 14.6. The molecule has 0 aromatic heterocycles. The number of hydrogen-bond acceptors (Lipinski definition) is 12. The number of carbonyl (C=O) groups is 4. The zero-order valence-corrected chi connectivity index (χ0v) is 32.5. The van der Waals surface area contributed by atoms with Crippen molar-refractivity contribution in [2.75, 3.05) is 37.4 Å². The topological polar surface area (TPSA) is 231 Å². The number of esters is 1. The summed E-state index contributed by atoms with van der Waals surface area (Å²) in [6.07, 6.45) is 7.64. The first-order chi connectivity index (χ1) is 26.3. The van der Waals surface area contributed by atoms with Gasteiger partial charge in [-0.2, -0.15) is 0 Å². The molecule has 0 radical (unpaired) electrons. The van der Waals surface area contributed by atoms with Gasteiger partial charge < -0.3 is 46.4 Å². The molecule has 2 aliphatic heterocycles. The van der Waals surface area contributed by atoms with E-state index in [2.05, 4.69) is 51.9 Å². The van der Waals surface area contributed by atoms with Crippen molar-refractivity contribution in [3.63, 3.8) is 0 Å². The van der Waals surface area contributed by atoms with E-state index in [9.17, 15) is 39.6 Å². The summed E-state index contributed by atoms with van der Waals surface area (Å²) in [5.74, 6) is -1.66. The monoisotopic (exact) mass is 842 g/mol. The number of carboxylic acid groups (broad SMARTS) is 1. The molecule has 0 unspecified atom stereocenters. The zero-order chi connectivity index (χ0) is 39.9. The van der Waals surface area contributed by atoms with E-state index in [1.165, 1.54) is 49.9 Å². The Kier molecular flexibility index (Phi) is 16.1. The van der Waals surface area contributed by atoms with E-state index < -0.39 is 42.8 Å². The number of methoxy groups -OCH3 is 1. The van der Waals surface area contributed by atoms with Crippen LogP contribution in [0.1, 0.15) is 90.1 Å². The Hall–Kier alpha value is -5.35. The van der Waals surface area contributed by atoms with Crippen molar-refractivity contribution in [2.45, 2.75) is 63.8 Å². The summed E-state index contributed by atoms with van der Waals surface area (Å²) >= 11 is 9.15. The van der Waals surface area contributed by atoms with E-state index in [1.807, 2.05) is 0 Å². The van der Waals surface area contributed by atoms with Gasteiger partial charge in [-0.15, -0.1) is 0 Å². The number of rotatable bonds is 10. The van der Waals surface area contributed by atoms with Crippen LogP contribution in [-0.2, 0) is 14.3 Å². The number of carbonyl (C=O) groups excluding carboxylic acids is 3. The van der Waals surface area contributed by atoms with Gasteiger partial charge in [0.05, 0.1) is 36.2 Å². The zero-order valence-electron chi connectivity index (χ0n) is 30.2. The molecular formula is C38H44BrClN6O9. The van der Waals surface area contributed by atoms with E-state index >= 15 is 0 Å². The molecule has 0 fully saturated rings. The Morgan fingerprint density at radius 1 is 0.800 bits per heavy atom. The number of aromatic hydroxyl groups is 3. The first-order valence-corrected chi connectivity index (χ1v) is 18.8. The fraction of sp³-hybridized carbons (Fsp3) is 0.368. The van der Waals surface area contributed by atoms with Gasteiger partial charge in [0, 0.05) is 65.6 Å². The third-order valence-corrected chi connectivity index (χ3v) is 9.22. The Balaban J connectivity index is 0.000000296. The molecule has 55 heavy (non-hydrogen) atoms. The molecule has 2 aliphatic rings. The van der Waals surface area contributed by atoms with Crippen LogP contribution >= 0.6 is 27.5 Å². The van der Waals surface area contributed by atoms with Crippen LogP contribution in [0, 0.1) is 0 Å². The Morgan fingerprint density at radius 3 is 1.93 bits per heavy atom. The minimum atomic E-state index is -1.21. The number of phenols is 3. The molecule has 294 valence electrons. The fourth-order valence-corrected chi connectivity index (χ4v) is 6.63. The molecule has 3 aromatic rings. The number of nitrogens with zero attached hydrogens (tertiary/aromatic N) is 2. The van der Waals surface area contributed by atoms with E-state index in [1.54, 1.807) is 12.1 Å².